The zero-order valence-electron chi connectivity index (χ0n) is 13.8. The minimum absolute atomic E-state index is 0.0797. The largest absolute Gasteiger partial charge is 0.359 e. The Morgan fingerprint density at radius 3 is 2.71 bits per heavy atom. The summed E-state index contributed by atoms with van der Waals surface area (Å²) < 4.78 is 0. The van der Waals surface area contributed by atoms with E-state index >= 15 is 0 Å². The Labute approximate surface area is 132 Å². The maximum absolute atomic E-state index is 11.8. The van der Waals surface area contributed by atoms with E-state index in [0.717, 1.165) is 16.8 Å². The Hall–Kier alpha value is -0.710. The van der Waals surface area contributed by atoms with Gasteiger partial charge in [0, 0.05) is 23.3 Å². The van der Waals surface area contributed by atoms with Gasteiger partial charge in [0.15, 0.2) is 5.17 Å². The van der Waals surface area contributed by atoms with Gasteiger partial charge in [-0.05, 0) is 52.4 Å². The molecule has 1 saturated carbocycles. The fraction of sp³-hybridized carbons (Fsp3) is 0.875. The monoisotopic (exact) mass is 311 g/mol. The van der Waals surface area contributed by atoms with Crippen LogP contribution in [-0.4, -0.2) is 34.5 Å². The number of carbonyl (C=O) groups excluding carboxylic acids is 1. The highest BCUT2D eigenvalue weighted by Gasteiger charge is 2.39. The number of carbonyl (C=O) groups is 1. The first kappa shape index (κ1) is 16.7. The molecule has 2 N–H and O–H groups in total. The predicted molar refractivity (Wildman–Crippen MR) is 90.8 cm³/mol. The van der Waals surface area contributed by atoms with Crippen LogP contribution in [0.5, 0.6) is 0 Å². The molecule has 120 valence electrons. The molecule has 0 bridgehead atoms. The molecule has 1 saturated heterocycles. The lowest BCUT2D eigenvalue weighted by atomic mass is 9.78. The maximum Gasteiger partial charge on any atom is 0.222 e. The maximum atomic E-state index is 11.8. The molecule has 2 aliphatic rings. The number of nitrogens with zero attached hydrogens (tertiary/aromatic N) is 1. The van der Waals surface area contributed by atoms with Crippen LogP contribution in [0, 0.1) is 5.92 Å². The van der Waals surface area contributed by atoms with Crippen molar-refractivity contribution in [2.24, 2.45) is 10.9 Å². The first-order chi connectivity index (χ1) is 9.78. The number of aliphatic imine (C=N–C) groups is 1. The normalized spacial score (nSPS) is 31.4. The Bertz CT molecular complexity index is 406. The summed E-state index contributed by atoms with van der Waals surface area (Å²) in [5, 5.41) is 7.64. The van der Waals surface area contributed by atoms with Gasteiger partial charge in [0.05, 0.1) is 6.54 Å². The second kappa shape index (κ2) is 6.59. The molecule has 2 fully saturated rings. The molecule has 1 spiro atoms. The van der Waals surface area contributed by atoms with Crippen LogP contribution in [-0.2, 0) is 4.79 Å². The van der Waals surface area contributed by atoms with Crippen molar-refractivity contribution >= 4 is 22.8 Å². The van der Waals surface area contributed by atoms with Crippen molar-refractivity contribution in [2.45, 2.75) is 70.9 Å². The molecular weight excluding hydrogens is 282 g/mol. The van der Waals surface area contributed by atoms with E-state index in [4.69, 9.17) is 0 Å². The van der Waals surface area contributed by atoms with Gasteiger partial charge in [-0.25, -0.2) is 0 Å². The van der Waals surface area contributed by atoms with Gasteiger partial charge in [-0.1, -0.05) is 18.7 Å². The van der Waals surface area contributed by atoms with E-state index < -0.39 is 0 Å². The molecule has 1 heterocycles. The Kier molecular flexibility index (Phi) is 5.23. The average molecular weight is 311 g/mol. The summed E-state index contributed by atoms with van der Waals surface area (Å²) in [7, 11) is 0. The van der Waals surface area contributed by atoms with Crippen molar-refractivity contribution in [1.29, 1.82) is 0 Å². The molecule has 0 aromatic heterocycles. The van der Waals surface area contributed by atoms with Gasteiger partial charge in [0.25, 0.3) is 0 Å². The SMILES string of the molecule is CC1CCC2(CC1)CSC(=NCCC(=O)NC(C)(C)C)N2. The van der Waals surface area contributed by atoms with Crippen LogP contribution in [0.4, 0.5) is 0 Å². The van der Waals surface area contributed by atoms with Gasteiger partial charge in [0.1, 0.15) is 0 Å². The molecular formula is C16H29N3OS. The zero-order valence-corrected chi connectivity index (χ0v) is 14.6. The molecule has 0 unspecified atom stereocenters. The van der Waals surface area contributed by atoms with Crippen molar-refractivity contribution < 1.29 is 4.79 Å². The summed E-state index contributed by atoms with van der Waals surface area (Å²) in [6.07, 6.45) is 5.60. The lowest BCUT2D eigenvalue weighted by molar-refractivity contribution is -0.122. The summed E-state index contributed by atoms with van der Waals surface area (Å²) in [6, 6.07) is 0. The molecule has 0 aromatic rings. The zero-order chi connectivity index (χ0) is 15.5. The number of hydrogen-bond donors (Lipinski definition) is 2. The standard InChI is InChI=1S/C16H29N3OS/c1-12-5-8-16(9-6-12)11-21-14(19-16)17-10-7-13(20)18-15(2,3)4/h12H,5-11H2,1-4H3,(H,17,19)(H,18,20). The van der Waals surface area contributed by atoms with Gasteiger partial charge in [-0.15, -0.1) is 0 Å². The molecule has 1 aliphatic heterocycles. The first-order valence-corrected chi connectivity index (χ1v) is 9.03. The quantitative estimate of drug-likeness (QED) is 0.842. The van der Waals surface area contributed by atoms with Gasteiger partial charge in [0.2, 0.25) is 5.91 Å². The van der Waals surface area contributed by atoms with Crippen molar-refractivity contribution in [2.75, 3.05) is 12.3 Å². The Balaban J connectivity index is 1.75. The fourth-order valence-corrected chi connectivity index (χ4v) is 4.16. The molecule has 5 heteroatoms. The molecule has 21 heavy (non-hydrogen) atoms. The predicted octanol–water partition coefficient (Wildman–Crippen LogP) is 2.93. The van der Waals surface area contributed by atoms with Crippen LogP contribution >= 0.6 is 11.8 Å². The summed E-state index contributed by atoms with van der Waals surface area (Å²) in [4.78, 5) is 16.3. The lowest BCUT2D eigenvalue weighted by Gasteiger charge is -2.35. The number of amidine groups is 1. The second-order valence-corrected chi connectivity index (χ2v) is 8.58. The minimum Gasteiger partial charge on any atom is -0.359 e. The number of hydrogen-bond acceptors (Lipinski definition) is 3. The number of thioether (sulfide) groups is 1. The minimum atomic E-state index is -0.159. The molecule has 1 aliphatic carbocycles. The molecule has 0 aromatic carbocycles. The fourth-order valence-electron chi connectivity index (χ4n) is 2.91. The third-order valence-electron chi connectivity index (χ3n) is 4.20. The molecule has 4 nitrogen and oxygen atoms in total. The van der Waals surface area contributed by atoms with Gasteiger partial charge < -0.3 is 10.6 Å². The van der Waals surface area contributed by atoms with Crippen molar-refractivity contribution in [3.8, 4) is 0 Å². The molecule has 1 amide bonds. The van der Waals surface area contributed by atoms with Crippen molar-refractivity contribution in [1.82, 2.24) is 10.6 Å². The van der Waals surface area contributed by atoms with E-state index in [0.29, 0.717) is 13.0 Å². The van der Waals surface area contributed by atoms with Gasteiger partial charge in [-0.2, -0.15) is 0 Å². The van der Waals surface area contributed by atoms with E-state index in [1.807, 2.05) is 32.5 Å². The summed E-state index contributed by atoms with van der Waals surface area (Å²) in [5.41, 5.74) is 0.122. The first-order valence-electron chi connectivity index (χ1n) is 8.04. The molecule has 0 atom stereocenters. The van der Waals surface area contributed by atoms with Crippen LogP contribution in [0.1, 0.15) is 59.8 Å². The van der Waals surface area contributed by atoms with Crippen LogP contribution in [0.25, 0.3) is 0 Å². The van der Waals surface area contributed by atoms with E-state index in [1.165, 1.54) is 25.7 Å². The van der Waals surface area contributed by atoms with Crippen LogP contribution in [0.15, 0.2) is 4.99 Å². The van der Waals surface area contributed by atoms with E-state index in [-0.39, 0.29) is 17.0 Å². The molecule has 0 radical (unpaired) electrons. The van der Waals surface area contributed by atoms with E-state index in [9.17, 15) is 4.79 Å². The highest BCUT2D eigenvalue weighted by Crippen LogP contribution is 2.38. The average Bonchev–Trinajstić information content (AvgIpc) is 2.75. The van der Waals surface area contributed by atoms with Gasteiger partial charge in [-0.3, -0.25) is 9.79 Å². The highest BCUT2D eigenvalue weighted by molar-refractivity contribution is 8.14. The van der Waals surface area contributed by atoms with Crippen LogP contribution in [0.3, 0.4) is 0 Å². The number of nitrogens with one attached hydrogen (secondary N) is 2. The second-order valence-electron chi connectivity index (χ2n) is 7.61. The summed E-state index contributed by atoms with van der Waals surface area (Å²) >= 11 is 1.82. The third-order valence-corrected chi connectivity index (χ3v) is 5.40. The van der Waals surface area contributed by atoms with Crippen LogP contribution < -0.4 is 10.6 Å². The van der Waals surface area contributed by atoms with Crippen LogP contribution in [0.2, 0.25) is 0 Å². The van der Waals surface area contributed by atoms with E-state index in [1.54, 1.807) is 0 Å². The Morgan fingerprint density at radius 2 is 2.10 bits per heavy atom. The number of amides is 1. The molecule has 2 rings (SSSR count). The van der Waals surface area contributed by atoms with Crippen molar-refractivity contribution in [3.05, 3.63) is 0 Å². The van der Waals surface area contributed by atoms with E-state index in [2.05, 4.69) is 22.5 Å². The van der Waals surface area contributed by atoms with Gasteiger partial charge >= 0.3 is 0 Å². The van der Waals surface area contributed by atoms with Crippen molar-refractivity contribution in [3.63, 3.8) is 0 Å². The lowest BCUT2D eigenvalue weighted by Crippen LogP contribution is -2.46. The summed E-state index contributed by atoms with van der Waals surface area (Å²) in [5.74, 6) is 2.08. The number of rotatable bonds is 3. The Morgan fingerprint density at radius 1 is 1.43 bits per heavy atom. The summed E-state index contributed by atoms with van der Waals surface area (Å²) in [6.45, 7) is 8.92. The topological polar surface area (TPSA) is 53.5 Å². The smallest absolute Gasteiger partial charge is 0.222 e. The third kappa shape index (κ3) is 5.20. The highest BCUT2D eigenvalue weighted by atomic mass is 32.2.